The van der Waals surface area contributed by atoms with Gasteiger partial charge < -0.3 is 0 Å². The Morgan fingerprint density at radius 1 is 1.60 bits per heavy atom. The highest BCUT2D eigenvalue weighted by molar-refractivity contribution is 7.86. The fourth-order valence-corrected chi connectivity index (χ4v) is 2.86. The second kappa shape index (κ2) is 2.51. The van der Waals surface area contributed by atoms with Crippen LogP contribution in [0.25, 0.3) is 0 Å². The van der Waals surface area contributed by atoms with Crippen LogP contribution in [0.15, 0.2) is 0 Å². The molecule has 2 unspecified atom stereocenters. The standard InChI is InChI=1S/C6H12O3S/c1-3-6-5(2)4-10(7,8)9-6/h5-6H,3-4H2,1-2H3. The number of hydrogen-bond acceptors (Lipinski definition) is 3. The minimum absolute atomic E-state index is 0.0787. The summed E-state index contributed by atoms with van der Waals surface area (Å²) < 4.78 is 26.4. The van der Waals surface area contributed by atoms with Gasteiger partial charge in [0.05, 0.1) is 11.9 Å². The Morgan fingerprint density at radius 2 is 2.20 bits per heavy atom. The van der Waals surface area contributed by atoms with E-state index in [2.05, 4.69) is 0 Å². The summed E-state index contributed by atoms with van der Waals surface area (Å²) in [5, 5.41) is 0. The highest BCUT2D eigenvalue weighted by atomic mass is 32.2. The maximum Gasteiger partial charge on any atom is 0.267 e. The maximum atomic E-state index is 10.8. The van der Waals surface area contributed by atoms with Gasteiger partial charge in [-0.05, 0) is 12.3 Å². The molecule has 0 N–H and O–H groups in total. The van der Waals surface area contributed by atoms with E-state index in [0.29, 0.717) is 0 Å². The Kier molecular flexibility index (Phi) is 2.01. The maximum absolute atomic E-state index is 10.8. The lowest BCUT2D eigenvalue weighted by molar-refractivity contribution is 0.192. The molecule has 0 amide bonds. The summed E-state index contributed by atoms with van der Waals surface area (Å²) in [5.41, 5.74) is 0. The molecule has 0 saturated carbocycles. The highest BCUT2D eigenvalue weighted by Gasteiger charge is 2.34. The number of rotatable bonds is 1. The molecule has 1 aliphatic rings. The van der Waals surface area contributed by atoms with E-state index in [1.807, 2.05) is 13.8 Å². The number of hydrogen-bond donors (Lipinski definition) is 0. The van der Waals surface area contributed by atoms with Crippen molar-refractivity contribution >= 4 is 10.1 Å². The van der Waals surface area contributed by atoms with E-state index in [0.717, 1.165) is 6.42 Å². The Labute approximate surface area is 61.5 Å². The van der Waals surface area contributed by atoms with Gasteiger partial charge in [-0.1, -0.05) is 13.8 Å². The van der Waals surface area contributed by atoms with Crippen molar-refractivity contribution in [2.24, 2.45) is 5.92 Å². The third kappa shape index (κ3) is 1.49. The van der Waals surface area contributed by atoms with Crippen molar-refractivity contribution in [2.45, 2.75) is 26.4 Å². The first-order valence-electron chi connectivity index (χ1n) is 3.46. The molecule has 1 saturated heterocycles. The molecule has 1 fully saturated rings. The first-order valence-corrected chi connectivity index (χ1v) is 5.04. The Hall–Kier alpha value is -0.0900. The largest absolute Gasteiger partial charge is 0.267 e. The fourth-order valence-electron chi connectivity index (χ4n) is 1.22. The molecule has 3 nitrogen and oxygen atoms in total. The molecule has 1 aliphatic heterocycles. The third-order valence-electron chi connectivity index (χ3n) is 1.77. The SMILES string of the molecule is CCC1OS(=O)(=O)CC1C. The van der Waals surface area contributed by atoms with Crippen LogP contribution in [0, 0.1) is 5.92 Å². The smallest absolute Gasteiger partial charge is 0.266 e. The van der Waals surface area contributed by atoms with Crippen molar-refractivity contribution in [3.8, 4) is 0 Å². The van der Waals surface area contributed by atoms with Gasteiger partial charge in [-0.15, -0.1) is 0 Å². The fraction of sp³-hybridized carbons (Fsp3) is 1.00. The lowest BCUT2D eigenvalue weighted by Crippen LogP contribution is -2.12. The molecule has 0 spiro atoms. The lowest BCUT2D eigenvalue weighted by atomic mass is 10.1. The Morgan fingerprint density at radius 3 is 2.40 bits per heavy atom. The Bertz CT molecular complexity index is 207. The van der Waals surface area contributed by atoms with E-state index >= 15 is 0 Å². The second-order valence-corrected chi connectivity index (χ2v) is 4.39. The van der Waals surface area contributed by atoms with Gasteiger partial charge in [0.2, 0.25) is 0 Å². The van der Waals surface area contributed by atoms with E-state index < -0.39 is 10.1 Å². The first-order chi connectivity index (χ1) is 4.55. The third-order valence-corrected chi connectivity index (χ3v) is 3.25. The monoisotopic (exact) mass is 164 g/mol. The summed E-state index contributed by atoms with van der Waals surface area (Å²) in [6.45, 7) is 3.83. The summed E-state index contributed by atoms with van der Waals surface area (Å²) in [7, 11) is -3.16. The molecule has 0 aliphatic carbocycles. The van der Waals surface area contributed by atoms with Gasteiger partial charge in [0, 0.05) is 0 Å². The zero-order valence-corrected chi connectivity index (χ0v) is 7.02. The minimum Gasteiger partial charge on any atom is -0.266 e. The molecule has 0 aromatic carbocycles. The molecule has 1 heterocycles. The van der Waals surface area contributed by atoms with Crippen LogP contribution in [-0.2, 0) is 14.3 Å². The second-order valence-electron chi connectivity index (χ2n) is 2.74. The van der Waals surface area contributed by atoms with Gasteiger partial charge >= 0.3 is 0 Å². The van der Waals surface area contributed by atoms with Crippen LogP contribution in [0.1, 0.15) is 20.3 Å². The van der Waals surface area contributed by atoms with Crippen molar-refractivity contribution in [1.82, 2.24) is 0 Å². The van der Waals surface area contributed by atoms with Gasteiger partial charge in [0.1, 0.15) is 0 Å². The molecule has 0 aromatic heterocycles. The van der Waals surface area contributed by atoms with E-state index in [1.54, 1.807) is 0 Å². The predicted octanol–water partition coefficient (Wildman–Crippen LogP) is 0.761. The van der Waals surface area contributed by atoms with Crippen molar-refractivity contribution in [3.05, 3.63) is 0 Å². The lowest BCUT2D eigenvalue weighted by Gasteiger charge is -2.06. The van der Waals surface area contributed by atoms with Crippen LogP contribution in [0.3, 0.4) is 0 Å². The van der Waals surface area contributed by atoms with E-state index in [-0.39, 0.29) is 17.8 Å². The first kappa shape index (κ1) is 8.01. The van der Waals surface area contributed by atoms with E-state index in [9.17, 15) is 8.42 Å². The topological polar surface area (TPSA) is 43.4 Å². The zero-order chi connectivity index (χ0) is 7.78. The molecule has 0 radical (unpaired) electrons. The summed E-state index contributed by atoms with van der Waals surface area (Å²) in [6.07, 6.45) is 0.699. The van der Waals surface area contributed by atoms with Crippen molar-refractivity contribution in [1.29, 1.82) is 0 Å². The molecular weight excluding hydrogens is 152 g/mol. The molecule has 1 rings (SSSR count). The normalized spacial score (nSPS) is 38.2. The average molecular weight is 164 g/mol. The van der Waals surface area contributed by atoms with Gasteiger partial charge in [-0.2, -0.15) is 8.42 Å². The van der Waals surface area contributed by atoms with Crippen LogP contribution < -0.4 is 0 Å². The van der Waals surface area contributed by atoms with Crippen molar-refractivity contribution in [2.75, 3.05) is 5.75 Å². The van der Waals surface area contributed by atoms with Crippen LogP contribution in [0.5, 0.6) is 0 Å². The van der Waals surface area contributed by atoms with Crippen molar-refractivity contribution < 1.29 is 12.6 Å². The summed E-state index contributed by atoms with van der Waals surface area (Å²) in [4.78, 5) is 0. The quantitative estimate of drug-likeness (QED) is 0.537. The van der Waals surface area contributed by atoms with Crippen LogP contribution >= 0.6 is 0 Å². The molecule has 10 heavy (non-hydrogen) atoms. The van der Waals surface area contributed by atoms with Crippen LogP contribution in [0.4, 0.5) is 0 Å². The molecule has 0 bridgehead atoms. The molecular formula is C6H12O3S. The molecule has 60 valence electrons. The van der Waals surface area contributed by atoms with Gasteiger partial charge in [-0.3, -0.25) is 4.18 Å². The molecule has 4 heteroatoms. The summed E-state index contributed by atoms with van der Waals surface area (Å²) in [6, 6.07) is 0. The van der Waals surface area contributed by atoms with E-state index in [1.165, 1.54) is 0 Å². The molecule has 0 aromatic rings. The average Bonchev–Trinajstić information content (AvgIpc) is 2.05. The van der Waals surface area contributed by atoms with Gasteiger partial charge in [0.15, 0.2) is 0 Å². The van der Waals surface area contributed by atoms with Crippen LogP contribution in [-0.4, -0.2) is 20.3 Å². The van der Waals surface area contributed by atoms with Gasteiger partial charge in [-0.25, -0.2) is 0 Å². The predicted molar refractivity (Wildman–Crippen MR) is 38.1 cm³/mol. The minimum atomic E-state index is -3.16. The van der Waals surface area contributed by atoms with Crippen molar-refractivity contribution in [3.63, 3.8) is 0 Å². The highest BCUT2D eigenvalue weighted by Crippen LogP contribution is 2.24. The van der Waals surface area contributed by atoms with Gasteiger partial charge in [0.25, 0.3) is 10.1 Å². The van der Waals surface area contributed by atoms with Crippen LogP contribution in [0.2, 0.25) is 0 Å². The summed E-state index contributed by atoms with van der Waals surface area (Å²) >= 11 is 0. The van der Waals surface area contributed by atoms with E-state index in [4.69, 9.17) is 4.18 Å². The molecule has 2 atom stereocenters. The Balaban J connectivity index is 2.71. The summed E-state index contributed by atoms with van der Waals surface area (Å²) in [5.74, 6) is 0.348. The zero-order valence-electron chi connectivity index (χ0n) is 6.20.